The Balaban J connectivity index is 1.89. The van der Waals surface area contributed by atoms with Crippen LogP contribution in [0.5, 0.6) is 5.75 Å². The molecule has 0 fully saturated rings. The fraction of sp³-hybridized carbons (Fsp3) is 0.316. The highest BCUT2D eigenvalue weighted by molar-refractivity contribution is 7.92. The molecule has 3 rings (SSSR count). The predicted molar refractivity (Wildman–Crippen MR) is 108 cm³/mol. The highest BCUT2D eigenvalue weighted by Gasteiger charge is 2.34. The van der Waals surface area contributed by atoms with Crippen molar-refractivity contribution in [3.8, 4) is 5.75 Å². The smallest absolute Gasteiger partial charge is 0.255 e. The zero-order valence-electron chi connectivity index (χ0n) is 15.3. The van der Waals surface area contributed by atoms with Gasteiger partial charge in [-0.1, -0.05) is 11.6 Å². The Morgan fingerprint density at radius 2 is 2.04 bits per heavy atom. The van der Waals surface area contributed by atoms with E-state index in [0.717, 1.165) is 5.56 Å². The van der Waals surface area contributed by atoms with Crippen molar-refractivity contribution in [3.05, 3.63) is 52.5 Å². The number of hydrogen-bond acceptors (Lipinski definition) is 4. The molecule has 1 amide bonds. The van der Waals surface area contributed by atoms with Gasteiger partial charge in [0.05, 0.1) is 24.2 Å². The van der Waals surface area contributed by atoms with Gasteiger partial charge in [-0.3, -0.25) is 9.10 Å². The number of rotatable bonds is 5. The fourth-order valence-corrected chi connectivity index (χ4v) is 4.83. The van der Waals surface area contributed by atoms with Crippen molar-refractivity contribution in [2.45, 2.75) is 26.3 Å². The van der Waals surface area contributed by atoms with Gasteiger partial charge in [-0.25, -0.2) is 8.42 Å². The minimum Gasteiger partial charge on any atom is -0.495 e. The molecule has 0 radical (unpaired) electrons. The molecule has 0 spiro atoms. The average Bonchev–Trinajstić information content (AvgIpc) is 2.97. The lowest BCUT2D eigenvalue weighted by atomic mass is 10.1. The van der Waals surface area contributed by atoms with Crippen LogP contribution in [0.25, 0.3) is 0 Å². The quantitative estimate of drug-likeness (QED) is 0.818. The summed E-state index contributed by atoms with van der Waals surface area (Å²) in [6.07, 6.45) is 0.566. The van der Waals surface area contributed by atoms with Crippen molar-refractivity contribution in [3.63, 3.8) is 0 Å². The topological polar surface area (TPSA) is 75.7 Å². The van der Waals surface area contributed by atoms with E-state index in [1.165, 1.54) is 11.4 Å². The van der Waals surface area contributed by atoms with Crippen molar-refractivity contribution in [2.75, 3.05) is 22.5 Å². The van der Waals surface area contributed by atoms with E-state index >= 15 is 0 Å². The lowest BCUT2D eigenvalue weighted by molar-refractivity contribution is 0.102. The van der Waals surface area contributed by atoms with Crippen LogP contribution < -0.4 is 14.4 Å². The summed E-state index contributed by atoms with van der Waals surface area (Å²) >= 11 is 6.00. The predicted octanol–water partition coefficient (Wildman–Crippen LogP) is 3.70. The number of amides is 1. The Labute approximate surface area is 164 Å². The van der Waals surface area contributed by atoms with Crippen LogP contribution in [0.15, 0.2) is 36.4 Å². The molecule has 0 aromatic heterocycles. The number of ether oxygens (including phenoxy) is 1. The van der Waals surface area contributed by atoms with E-state index in [4.69, 9.17) is 16.3 Å². The van der Waals surface area contributed by atoms with Gasteiger partial charge in [0, 0.05) is 16.6 Å². The van der Waals surface area contributed by atoms with Gasteiger partial charge >= 0.3 is 0 Å². The van der Waals surface area contributed by atoms with Crippen LogP contribution in [-0.4, -0.2) is 33.2 Å². The maximum Gasteiger partial charge on any atom is 0.255 e. The van der Waals surface area contributed by atoms with E-state index < -0.39 is 10.0 Å². The number of nitrogens with one attached hydrogen (secondary N) is 1. The van der Waals surface area contributed by atoms with Crippen molar-refractivity contribution in [1.82, 2.24) is 0 Å². The molecule has 1 heterocycles. The number of methoxy groups -OCH3 is 1. The van der Waals surface area contributed by atoms with Crippen LogP contribution in [0, 0.1) is 0 Å². The van der Waals surface area contributed by atoms with Crippen LogP contribution >= 0.6 is 11.6 Å². The number of carbonyl (C=O) groups is 1. The van der Waals surface area contributed by atoms with E-state index in [0.29, 0.717) is 34.1 Å². The third-order valence-corrected chi connectivity index (χ3v) is 6.69. The SMILES string of the molecule is CCS(=O)(=O)N1c2ccc(C(=O)Nc3cc(Cl)ccc3OC)cc2C[C@@H]1C. The van der Waals surface area contributed by atoms with Gasteiger partial charge in [-0.15, -0.1) is 0 Å². The fourth-order valence-electron chi connectivity index (χ4n) is 3.28. The van der Waals surface area contributed by atoms with Gasteiger partial charge in [0.15, 0.2) is 0 Å². The Bertz CT molecular complexity index is 991. The third kappa shape index (κ3) is 3.75. The molecule has 0 saturated heterocycles. The number of halogens is 1. The molecule has 144 valence electrons. The molecule has 2 aromatic rings. The van der Waals surface area contributed by atoms with Crippen molar-refractivity contribution >= 4 is 38.9 Å². The van der Waals surface area contributed by atoms with Gasteiger partial charge in [0.1, 0.15) is 5.75 Å². The van der Waals surface area contributed by atoms with Crippen molar-refractivity contribution in [2.24, 2.45) is 0 Å². The molecule has 0 bridgehead atoms. The zero-order valence-corrected chi connectivity index (χ0v) is 16.9. The molecule has 6 nitrogen and oxygen atoms in total. The molecule has 1 aliphatic rings. The average molecular weight is 409 g/mol. The van der Waals surface area contributed by atoms with Gasteiger partial charge in [-0.05, 0) is 62.2 Å². The van der Waals surface area contributed by atoms with Gasteiger partial charge in [0.2, 0.25) is 10.0 Å². The monoisotopic (exact) mass is 408 g/mol. The second-order valence-electron chi connectivity index (χ2n) is 6.39. The lowest BCUT2D eigenvalue weighted by Gasteiger charge is -2.23. The first-order chi connectivity index (χ1) is 12.8. The van der Waals surface area contributed by atoms with Crippen LogP contribution in [0.3, 0.4) is 0 Å². The van der Waals surface area contributed by atoms with E-state index in [2.05, 4.69) is 5.32 Å². The van der Waals surface area contributed by atoms with E-state index in [-0.39, 0.29) is 17.7 Å². The van der Waals surface area contributed by atoms with Crippen molar-refractivity contribution in [1.29, 1.82) is 0 Å². The first-order valence-electron chi connectivity index (χ1n) is 8.56. The highest BCUT2D eigenvalue weighted by atomic mass is 35.5. The summed E-state index contributed by atoms with van der Waals surface area (Å²) in [7, 11) is -1.84. The zero-order chi connectivity index (χ0) is 19.8. The van der Waals surface area contributed by atoms with E-state index in [1.54, 1.807) is 43.3 Å². The summed E-state index contributed by atoms with van der Waals surface area (Å²) in [5.41, 5.74) is 2.39. The minimum absolute atomic E-state index is 0.0353. The highest BCUT2D eigenvalue weighted by Crippen LogP contribution is 2.35. The third-order valence-electron chi connectivity index (χ3n) is 4.57. The number of sulfonamides is 1. The Morgan fingerprint density at radius 3 is 2.70 bits per heavy atom. The summed E-state index contributed by atoms with van der Waals surface area (Å²) in [6, 6.07) is 9.85. The van der Waals surface area contributed by atoms with Crippen LogP contribution in [-0.2, 0) is 16.4 Å². The second-order valence-corrected chi connectivity index (χ2v) is 8.96. The lowest BCUT2D eigenvalue weighted by Crippen LogP contribution is -2.36. The Kier molecular flexibility index (Phi) is 5.35. The first-order valence-corrected chi connectivity index (χ1v) is 10.6. The number of carbonyl (C=O) groups excluding carboxylic acids is 1. The molecular formula is C19H21ClN2O4S. The molecule has 1 N–H and O–H groups in total. The first kappa shape index (κ1) is 19.5. The molecule has 0 aliphatic carbocycles. The second kappa shape index (κ2) is 7.40. The molecule has 0 unspecified atom stereocenters. The minimum atomic E-state index is -3.35. The molecular weight excluding hydrogens is 388 g/mol. The number of fused-ring (bicyclic) bond motifs is 1. The van der Waals surface area contributed by atoms with Gasteiger partial charge in [-0.2, -0.15) is 0 Å². The van der Waals surface area contributed by atoms with Crippen molar-refractivity contribution < 1.29 is 17.9 Å². The molecule has 1 atom stereocenters. The number of hydrogen-bond donors (Lipinski definition) is 1. The summed E-state index contributed by atoms with van der Waals surface area (Å²) in [5.74, 6) is 0.221. The number of benzene rings is 2. The number of nitrogens with zero attached hydrogens (tertiary/aromatic N) is 1. The summed E-state index contributed by atoms with van der Waals surface area (Å²) in [5, 5.41) is 3.27. The number of anilines is 2. The standard InChI is InChI=1S/C19H21ClN2O4S/c1-4-27(24,25)22-12(2)9-14-10-13(5-7-17(14)22)19(23)21-16-11-15(20)6-8-18(16)26-3/h5-8,10-12H,4,9H2,1-3H3,(H,21,23)/t12-/m0/s1. The summed E-state index contributed by atoms with van der Waals surface area (Å²) in [6.45, 7) is 3.49. The van der Waals surface area contributed by atoms with E-state index in [1.807, 2.05) is 6.92 Å². The largest absolute Gasteiger partial charge is 0.495 e. The van der Waals surface area contributed by atoms with Crippen LogP contribution in [0.1, 0.15) is 29.8 Å². The molecule has 0 saturated carbocycles. The molecule has 2 aromatic carbocycles. The molecule has 27 heavy (non-hydrogen) atoms. The summed E-state index contributed by atoms with van der Waals surface area (Å²) < 4.78 is 31.4. The van der Waals surface area contributed by atoms with Gasteiger partial charge in [0.25, 0.3) is 5.91 Å². The Morgan fingerprint density at radius 1 is 1.30 bits per heavy atom. The van der Waals surface area contributed by atoms with Gasteiger partial charge < -0.3 is 10.1 Å². The maximum atomic E-state index is 12.7. The Hall–Kier alpha value is -2.25. The molecule has 1 aliphatic heterocycles. The van der Waals surface area contributed by atoms with Crippen LogP contribution in [0.2, 0.25) is 5.02 Å². The molecule has 8 heteroatoms. The summed E-state index contributed by atoms with van der Waals surface area (Å²) in [4.78, 5) is 12.7. The normalized spacial score (nSPS) is 16.1. The van der Waals surface area contributed by atoms with E-state index in [9.17, 15) is 13.2 Å². The van der Waals surface area contributed by atoms with Crippen LogP contribution in [0.4, 0.5) is 11.4 Å². The maximum absolute atomic E-state index is 12.7.